The van der Waals surface area contributed by atoms with Crippen molar-refractivity contribution in [3.05, 3.63) is 0 Å². The zero-order chi connectivity index (χ0) is 14.6. The summed E-state index contributed by atoms with van der Waals surface area (Å²) in [6.45, 7) is 8.28. The molecule has 1 saturated carbocycles. The number of rotatable bonds is 6. The predicted molar refractivity (Wildman–Crippen MR) is 74.7 cm³/mol. The highest BCUT2D eigenvalue weighted by Gasteiger charge is 2.42. The molecule has 0 aromatic heterocycles. The maximum Gasteiger partial charge on any atom is 0.307 e. The van der Waals surface area contributed by atoms with Crippen LogP contribution in [0, 0.1) is 23.7 Å². The molecular formula is C15H27NO3. The van der Waals surface area contributed by atoms with Crippen LogP contribution in [-0.4, -0.2) is 23.0 Å². The van der Waals surface area contributed by atoms with Crippen LogP contribution < -0.4 is 5.32 Å². The van der Waals surface area contributed by atoms with Crippen LogP contribution in [0.15, 0.2) is 0 Å². The van der Waals surface area contributed by atoms with Crippen LogP contribution in [0.5, 0.6) is 0 Å². The van der Waals surface area contributed by atoms with Crippen molar-refractivity contribution in [1.82, 2.24) is 5.32 Å². The summed E-state index contributed by atoms with van der Waals surface area (Å²) in [4.78, 5) is 23.5. The standard InChI is InChI=1S/C15H27NO3/c1-5-11-7-12(13(8-11)15(18)19)14(17)16-10(4)6-9(2)3/h9-13H,5-8H2,1-4H3,(H,16,17)(H,18,19). The lowest BCUT2D eigenvalue weighted by Gasteiger charge is -2.20. The molecule has 0 bridgehead atoms. The molecule has 2 N–H and O–H groups in total. The van der Waals surface area contributed by atoms with E-state index in [1.807, 2.05) is 6.92 Å². The molecule has 1 amide bonds. The van der Waals surface area contributed by atoms with Crippen molar-refractivity contribution in [1.29, 1.82) is 0 Å². The fourth-order valence-corrected chi connectivity index (χ4v) is 3.15. The number of hydrogen-bond donors (Lipinski definition) is 2. The first-order chi connectivity index (χ1) is 8.85. The molecule has 110 valence electrons. The maximum absolute atomic E-state index is 12.2. The van der Waals surface area contributed by atoms with Gasteiger partial charge in [-0.3, -0.25) is 9.59 Å². The Kier molecular flexibility index (Phi) is 5.83. The van der Waals surface area contributed by atoms with Crippen molar-refractivity contribution in [2.75, 3.05) is 0 Å². The number of amides is 1. The summed E-state index contributed by atoms with van der Waals surface area (Å²) >= 11 is 0. The van der Waals surface area contributed by atoms with Gasteiger partial charge < -0.3 is 10.4 Å². The van der Waals surface area contributed by atoms with Gasteiger partial charge in [-0.05, 0) is 38.0 Å². The van der Waals surface area contributed by atoms with Crippen LogP contribution in [0.4, 0.5) is 0 Å². The van der Waals surface area contributed by atoms with Gasteiger partial charge in [-0.15, -0.1) is 0 Å². The number of carboxylic acids is 1. The first-order valence-corrected chi connectivity index (χ1v) is 7.38. The van der Waals surface area contributed by atoms with E-state index in [1.54, 1.807) is 0 Å². The van der Waals surface area contributed by atoms with Crippen LogP contribution in [0.25, 0.3) is 0 Å². The molecule has 1 aliphatic carbocycles. The summed E-state index contributed by atoms with van der Waals surface area (Å²) in [5.41, 5.74) is 0. The quantitative estimate of drug-likeness (QED) is 0.779. The Morgan fingerprint density at radius 2 is 1.79 bits per heavy atom. The second kappa shape index (κ2) is 6.92. The van der Waals surface area contributed by atoms with E-state index in [9.17, 15) is 14.7 Å². The summed E-state index contributed by atoms with van der Waals surface area (Å²) in [7, 11) is 0. The van der Waals surface area contributed by atoms with Crippen molar-refractivity contribution >= 4 is 11.9 Å². The van der Waals surface area contributed by atoms with E-state index >= 15 is 0 Å². The summed E-state index contributed by atoms with van der Waals surface area (Å²) in [6, 6.07) is 0.114. The normalized spacial score (nSPS) is 28.4. The minimum absolute atomic E-state index is 0.0727. The van der Waals surface area contributed by atoms with Gasteiger partial charge in [0.25, 0.3) is 0 Å². The largest absolute Gasteiger partial charge is 0.481 e. The molecular weight excluding hydrogens is 242 g/mol. The smallest absolute Gasteiger partial charge is 0.307 e. The molecule has 19 heavy (non-hydrogen) atoms. The van der Waals surface area contributed by atoms with Gasteiger partial charge in [0, 0.05) is 6.04 Å². The Morgan fingerprint density at radius 3 is 2.26 bits per heavy atom. The molecule has 0 radical (unpaired) electrons. The summed E-state index contributed by atoms with van der Waals surface area (Å²) in [6.07, 6.45) is 3.23. The zero-order valence-electron chi connectivity index (χ0n) is 12.5. The minimum atomic E-state index is -0.826. The number of nitrogens with one attached hydrogen (secondary N) is 1. The van der Waals surface area contributed by atoms with E-state index in [1.165, 1.54) is 0 Å². The van der Waals surface area contributed by atoms with Crippen LogP contribution in [0.1, 0.15) is 53.4 Å². The average Bonchev–Trinajstić information content (AvgIpc) is 2.71. The minimum Gasteiger partial charge on any atom is -0.481 e. The Bertz CT molecular complexity index is 327. The highest BCUT2D eigenvalue weighted by Crippen LogP contribution is 2.38. The Labute approximate surface area is 116 Å². The van der Waals surface area contributed by atoms with Crippen LogP contribution in [-0.2, 0) is 9.59 Å². The van der Waals surface area contributed by atoms with E-state index in [0.717, 1.165) is 12.8 Å². The van der Waals surface area contributed by atoms with Gasteiger partial charge >= 0.3 is 5.97 Å². The lowest BCUT2D eigenvalue weighted by atomic mass is 9.94. The molecule has 0 saturated heterocycles. The van der Waals surface area contributed by atoms with Crippen molar-refractivity contribution < 1.29 is 14.7 Å². The van der Waals surface area contributed by atoms with E-state index in [2.05, 4.69) is 26.1 Å². The number of carbonyl (C=O) groups is 2. The fourth-order valence-electron chi connectivity index (χ4n) is 3.15. The molecule has 4 heteroatoms. The second-order valence-electron chi connectivity index (χ2n) is 6.34. The maximum atomic E-state index is 12.2. The first-order valence-electron chi connectivity index (χ1n) is 7.38. The van der Waals surface area contributed by atoms with Gasteiger partial charge in [0.15, 0.2) is 0 Å². The Hall–Kier alpha value is -1.06. The zero-order valence-corrected chi connectivity index (χ0v) is 12.5. The predicted octanol–water partition coefficient (Wildman–Crippen LogP) is 2.67. The van der Waals surface area contributed by atoms with Crippen LogP contribution >= 0.6 is 0 Å². The lowest BCUT2D eigenvalue weighted by molar-refractivity contribution is -0.146. The molecule has 0 spiro atoms. The van der Waals surface area contributed by atoms with E-state index in [-0.39, 0.29) is 17.9 Å². The third-order valence-electron chi connectivity index (χ3n) is 4.11. The van der Waals surface area contributed by atoms with Crippen LogP contribution in [0.3, 0.4) is 0 Å². The molecule has 1 rings (SSSR count). The molecule has 0 aromatic carbocycles. The SMILES string of the molecule is CCC1CC(C(=O)O)C(C(=O)NC(C)CC(C)C)C1. The summed E-state index contributed by atoms with van der Waals surface area (Å²) in [5, 5.41) is 12.2. The number of carbonyl (C=O) groups excluding carboxylic acids is 1. The molecule has 0 aromatic rings. The lowest BCUT2D eigenvalue weighted by Crippen LogP contribution is -2.40. The van der Waals surface area contributed by atoms with Crippen molar-refractivity contribution in [3.8, 4) is 0 Å². The number of carboxylic acid groups (broad SMARTS) is 1. The van der Waals surface area contributed by atoms with Gasteiger partial charge in [-0.25, -0.2) is 0 Å². The van der Waals surface area contributed by atoms with Crippen molar-refractivity contribution in [2.45, 2.75) is 59.4 Å². The Morgan fingerprint density at radius 1 is 1.21 bits per heavy atom. The monoisotopic (exact) mass is 269 g/mol. The Balaban J connectivity index is 2.61. The van der Waals surface area contributed by atoms with Gasteiger partial charge in [-0.2, -0.15) is 0 Å². The summed E-state index contributed by atoms with van der Waals surface area (Å²) in [5.74, 6) is -0.854. The highest BCUT2D eigenvalue weighted by atomic mass is 16.4. The average molecular weight is 269 g/mol. The van der Waals surface area contributed by atoms with Gasteiger partial charge in [0.2, 0.25) is 5.91 Å². The number of aliphatic carboxylic acids is 1. The van der Waals surface area contributed by atoms with E-state index in [0.29, 0.717) is 24.7 Å². The van der Waals surface area contributed by atoms with E-state index in [4.69, 9.17) is 0 Å². The molecule has 1 aliphatic rings. The van der Waals surface area contributed by atoms with Gasteiger partial charge in [0.1, 0.15) is 0 Å². The molecule has 0 heterocycles. The molecule has 0 aliphatic heterocycles. The molecule has 1 fully saturated rings. The second-order valence-corrected chi connectivity index (χ2v) is 6.34. The fraction of sp³-hybridized carbons (Fsp3) is 0.867. The number of hydrogen-bond acceptors (Lipinski definition) is 2. The third kappa shape index (κ3) is 4.51. The third-order valence-corrected chi connectivity index (χ3v) is 4.11. The summed E-state index contributed by atoms with van der Waals surface area (Å²) < 4.78 is 0. The topological polar surface area (TPSA) is 66.4 Å². The van der Waals surface area contributed by atoms with Crippen molar-refractivity contribution in [2.24, 2.45) is 23.7 Å². The highest BCUT2D eigenvalue weighted by molar-refractivity contribution is 5.85. The molecule has 4 unspecified atom stereocenters. The van der Waals surface area contributed by atoms with Gasteiger partial charge in [-0.1, -0.05) is 27.2 Å². The van der Waals surface area contributed by atoms with Gasteiger partial charge in [0.05, 0.1) is 11.8 Å². The molecule has 4 atom stereocenters. The van der Waals surface area contributed by atoms with E-state index < -0.39 is 11.9 Å². The van der Waals surface area contributed by atoms with Crippen molar-refractivity contribution in [3.63, 3.8) is 0 Å². The molecule has 4 nitrogen and oxygen atoms in total. The first kappa shape index (κ1) is 16.0. The van der Waals surface area contributed by atoms with Crippen LogP contribution in [0.2, 0.25) is 0 Å².